The number of hydrogen-bond acceptors (Lipinski definition) is 5. The first-order valence-corrected chi connectivity index (χ1v) is 15.2. The van der Waals surface area contributed by atoms with E-state index in [0.717, 1.165) is 54.3 Å². The van der Waals surface area contributed by atoms with Gasteiger partial charge in [-0.25, -0.2) is 8.42 Å². The molecule has 210 valence electrons. The number of carbonyl (C=O) groups is 1. The fourth-order valence-corrected chi connectivity index (χ4v) is 7.22. The largest absolute Gasteiger partial charge is 0.497 e. The zero-order valence-corrected chi connectivity index (χ0v) is 23.8. The predicted molar refractivity (Wildman–Crippen MR) is 156 cm³/mol. The van der Waals surface area contributed by atoms with Crippen molar-refractivity contribution in [1.29, 1.82) is 0 Å². The number of H-pyrrole nitrogens is 1. The molecule has 2 aromatic heterocycles. The minimum Gasteiger partial charge on any atom is -0.497 e. The summed E-state index contributed by atoms with van der Waals surface area (Å²) in [6, 6.07) is 19.9. The van der Waals surface area contributed by atoms with Gasteiger partial charge < -0.3 is 15.0 Å². The highest BCUT2D eigenvalue weighted by atomic mass is 32.2. The molecule has 1 atom stereocenters. The second kappa shape index (κ2) is 11.4. The maximum absolute atomic E-state index is 14.1. The van der Waals surface area contributed by atoms with Crippen LogP contribution >= 0.6 is 0 Å². The van der Waals surface area contributed by atoms with Gasteiger partial charge in [-0.15, -0.1) is 0 Å². The van der Waals surface area contributed by atoms with Gasteiger partial charge in [0, 0.05) is 53.4 Å². The monoisotopic (exact) mass is 560 g/mol. The fraction of sp³-hybridized carbons (Fsp3) is 0.355. The van der Waals surface area contributed by atoms with Crippen molar-refractivity contribution in [3.8, 4) is 5.75 Å². The fourth-order valence-electron chi connectivity index (χ4n) is 5.82. The van der Waals surface area contributed by atoms with E-state index in [1.165, 1.54) is 19.2 Å². The molecule has 9 heteroatoms. The summed E-state index contributed by atoms with van der Waals surface area (Å²) in [5.74, 6) is 0.0328. The van der Waals surface area contributed by atoms with Crippen molar-refractivity contribution in [2.75, 3.05) is 13.7 Å². The number of fused-ring (bicyclic) bond motifs is 1. The van der Waals surface area contributed by atoms with Crippen LogP contribution in [-0.2, 0) is 26.7 Å². The lowest BCUT2D eigenvalue weighted by molar-refractivity contribution is -0.126. The summed E-state index contributed by atoms with van der Waals surface area (Å²) in [5, 5.41) is 4.09. The van der Waals surface area contributed by atoms with Crippen LogP contribution in [0.2, 0.25) is 0 Å². The number of ether oxygens (including phenoxy) is 1. The Bertz CT molecular complexity index is 1580. The SMILES string of the molecule is COc1cccc(S(=O)(=O)N[C@@](C)(Cc2c[nH]c3ccccc23)C(=O)NCC2(c3ccccn3)CCCCC2)c1. The Morgan fingerprint density at radius 2 is 1.82 bits per heavy atom. The molecule has 0 saturated heterocycles. The standard InChI is InChI=1S/C31H36N4O4S/c1-30(20-23-21-33-27-14-5-4-13-26(23)27,35-40(37,38)25-12-10-11-24(19-25)39-2)29(36)34-22-31(16-7-3-8-17-31)28-15-6-9-18-32-28/h4-6,9-15,18-19,21,33,35H,3,7-8,16-17,20,22H2,1-2H3,(H,34,36)/t30-/m0/s1. The van der Waals surface area contributed by atoms with Crippen molar-refractivity contribution in [3.05, 3.63) is 90.4 Å². The number of hydrogen-bond donors (Lipinski definition) is 3. The van der Waals surface area contributed by atoms with Crippen molar-refractivity contribution >= 4 is 26.8 Å². The molecule has 2 aromatic carbocycles. The maximum Gasteiger partial charge on any atom is 0.241 e. The van der Waals surface area contributed by atoms with E-state index in [0.29, 0.717) is 12.3 Å². The Hall–Kier alpha value is -3.69. The number of nitrogens with one attached hydrogen (secondary N) is 3. The molecule has 8 nitrogen and oxygen atoms in total. The highest BCUT2D eigenvalue weighted by molar-refractivity contribution is 7.89. The molecule has 4 aromatic rings. The first kappa shape index (κ1) is 27.9. The molecule has 5 rings (SSSR count). The van der Waals surface area contributed by atoms with Gasteiger partial charge in [0.1, 0.15) is 11.3 Å². The number of aromatic nitrogens is 2. The summed E-state index contributed by atoms with van der Waals surface area (Å²) in [7, 11) is -2.59. The minimum atomic E-state index is -4.08. The molecule has 0 radical (unpaired) electrons. The summed E-state index contributed by atoms with van der Waals surface area (Å²) in [4.78, 5) is 22.0. The molecule has 2 heterocycles. The van der Waals surface area contributed by atoms with Gasteiger partial charge in [-0.2, -0.15) is 4.72 Å². The smallest absolute Gasteiger partial charge is 0.241 e. The quantitative estimate of drug-likeness (QED) is 0.256. The molecule has 0 aliphatic heterocycles. The van der Waals surface area contributed by atoms with Crippen molar-refractivity contribution in [2.24, 2.45) is 0 Å². The zero-order chi connectivity index (χ0) is 28.2. The molecule has 40 heavy (non-hydrogen) atoms. The normalized spacial score (nSPS) is 16.8. The number of methoxy groups -OCH3 is 1. The topological polar surface area (TPSA) is 113 Å². The number of aromatic amines is 1. The number of sulfonamides is 1. The Kier molecular flexibility index (Phi) is 7.96. The first-order chi connectivity index (χ1) is 19.2. The second-order valence-corrected chi connectivity index (χ2v) is 12.6. The van der Waals surface area contributed by atoms with Gasteiger partial charge in [-0.3, -0.25) is 9.78 Å². The predicted octanol–water partition coefficient (Wildman–Crippen LogP) is 4.87. The van der Waals surface area contributed by atoms with E-state index in [-0.39, 0.29) is 22.6 Å². The number of rotatable bonds is 10. The average molecular weight is 561 g/mol. The lowest BCUT2D eigenvalue weighted by Gasteiger charge is -2.38. The van der Waals surface area contributed by atoms with Crippen LogP contribution < -0.4 is 14.8 Å². The lowest BCUT2D eigenvalue weighted by atomic mass is 9.71. The molecular weight excluding hydrogens is 524 g/mol. The molecule has 1 fully saturated rings. The average Bonchev–Trinajstić information content (AvgIpc) is 3.39. The van der Waals surface area contributed by atoms with Crippen LogP contribution in [0.3, 0.4) is 0 Å². The number of nitrogens with zero attached hydrogens (tertiary/aromatic N) is 1. The molecular formula is C31H36N4O4S. The number of pyridine rings is 1. The van der Waals surface area contributed by atoms with Crippen LogP contribution in [0, 0.1) is 0 Å². The van der Waals surface area contributed by atoms with E-state index < -0.39 is 15.6 Å². The molecule has 0 bridgehead atoms. The van der Waals surface area contributed by atoms with Gasteiger partial charge in [0.2, 0.25) is 15.9 Å². The molecule has 1 aliphatic rings. The number of carbonyl (C=O) groups excluding carboxylic acids is 1. The third-order valence-corrected chi connectivity index (χ3v) is 9.63. The van der Waals surface area contributed by atoms with Gasteiger partial charge in [0.05, 0.1) is 12.0 Å². The summed E-state index contributed by atoms with van der Waals surface area (Å²) >= 11 is 0. The van der Waals surface area contributed by atoms with Gasteiger partial charge in [-0.1, -0.05) is 49.6 Å². The highest BCUT2D eigenvalue weighted by Crippen LogP contribution is 2.38. The highest BCUT2D eigenvalue weighted by Gasteiger charge is 2.41. The van der Waals surface area contributed by atoms with Crippen molar-refractivity contribution in [3.63, 3.8) is 0 Å². The van der Waals surface area contributed by atoms with Crippen molar-refractivity contribution < 1.29 is 17.9 Å². The van der Waals surface area contributed by atoms with Crippen LogP contribution in [0.25, 0.3) is 10.9 Å². The Balaban J connectivity index is 1.47. The molecule has 0 unspecified atom stereocenters. The molecule has 3 N–H and O–H groups in total. The van der Waals surface area contributed by atoms with E-state index in [4.69, 9.17) is 4.74 Å². The van der Waals surface area contributed by atoms with E-state index in [1.807, 2.05) is 48.7 Å². The first-order valence-electron chi connectivity index (χ1n) is 13.7. The van der Waals surface area contributed by atoms with Gasteiger partial charge in [0.15, 0.2) is 0 Å². The number of para-hydroxylation sites is 1. The van der Waals surface area contributed by atoms with Crippen molar-refractivity contribution in [2.45, 2.75) is 61.3 Å². The van der Waals surface area contributed by atoms with E-state index >= 15 is 0 Å². The second-order valence-electron chi connectivity index (χ2n) is 10.9. The summed E-state index contributed by atoms with van der Waals surface area (Å²) in [6.07, 6.45) is 8.88. The third kappa shape index (κ3) is 5.76. The van der Waals surface area contributed by atoms with Crippen LogP contribution in [0.5, 0.6) is 5.75 Å². The number of benzene rings is 2. The molecule has 1 aliphatic carbocycles. The van der Waals surface area contributed by atoms with Gasteiger partial charge in [0.25, 0.3) is 0 Å². The van der Waals surface area contributed by atoms with E-state index in [9.17, 15) is 13.2 Å². The van der Waals surface area contributed by atoms with E-state index in [2.05, 4.69) is 20.0 Å². The van der Waals surface area contributed by atoms with Crippen LogP contribution in [0.1, 0.15) is 50.3 Å². The Morgan fingerprint density at radius 3 is 2.58 bits per heavy atom. The number of amides is 1. The Morgan fingerprint density at radius 1 is 1.05 bits per heavy atom. The summed E-state index contributed by atoms with van der Waals surface area (Å²) in [5.41, 5.74) is 0.964. The minimum absolute atomic E-state index is 0.0297. The lowest BCUT2D eigenvalue weighted by Crippen LogP contribution is -2.59. The van der Waals surface area contributed by atoms with Crippen LogP contribution in [0.4, 0.5) is 0 Å². The van der Waals surface area contributed by atoms with Crippen molar-refractivity contribution in [1.82, 2.24) is 20.0 Å². The van der Waals surface area contributed by atoms with Crippen LogP contribution in [-0.4, -0.2) is 43.5 Å². The Labute approximate surface area is 235 Å². The third-order valence-electron chi connectivity index (χ3n) is 8.04. The molecule has 1 saturated carbocycles. The molecule has 1 amide bonds. The van der Waals surface area contributed by atoms with Gasteiger partial charge >= 0.3 is 0 Å². The van der Waals surface area contributed by atoms with Crippen LogP contribution in [0.15, 0.2) is 84.0 Å². The molecule has 0 spiro atoms. The summed E-state index contributed by atoms with van der Waals surface area (Å²) in [6.45, 7) is 2.03. The summed E-state index contributed by atoms with van der Waals surface area (Å²) < 4.78 is 35.3. The zero-order valence-electron chi connectivity index (χ0n) is 22.9. The van der Waals surface area contributed by atoms with E-state index in [1.54, 1.807) is 25.3 Å². The van der Waals surface area contributed by atoms with Gasteiger partial charge in [-0.05, 0) is 55.7 Å². The maximum atomic E-state index is 14.1.